The van der Waals surface area contributed by atoms with Crippen LogP contribution in [0.3, 0.4) is 0 Å². The molecule has 1 aliphatic heterocycles. The number of benzene rings is 2. The summed E-state index contributed by atoms with van der Waals surface area (Å²) in [6.45, 7) is 0. The quantitative estimate of drug-likeness (QED) is 0.530. The van der Waals surface area contributed by atoms with Gasteiger partial charge in [0.2, 0.25) is 5.78 Å². The van der Waals surface area contributed by atoms with Gasteiger partial charge in [0.05, 0.1) is 0 Å². The first-order valence-electron chi connectivity index (χ1n) is 6.37. The zero-order chi connectivity index (χ0) is 16.0. The highest BCUT2D eigenvalue weighted by Gasteiger charge is 2.35. The Labute approximate surface area is 124 Å². The van der Waals surface area contributed by atoms with Gasteiger partial charge in [-0.1, -0.05) is 0 Å². The number of aromatic hydroxyl groups is 5. The number of rotatable bonds is 2. The van der Waals surface area contributed by atoms with E-state index in [1.54, 1.807) is 0 Å². The fraction of sp³-hybridized carbons (Fsp3) is 0.133. The van der Waals surface area contributed by atoms with Crippen LogP contribution in [0.15, 0.2) is 24.3 Å². The van der Waals surface area contributed by atoms with Crippen molar-refractivity contribution in [2.75, 3.05) is 0 Å². The van der Waals surface area contributed by atoms with E-state index < -0.39 is 29.1 Å². The molecule has 0 bridgehead atoms. The van der Waals surface area contributed by atoms with Crippen molar-refractivity contribution in [3.8, 4) is 34.5 Å². The lowest BCUT2D eigenvalue weighted by Gasteiger charge is -2.11. The van der Waals surface area contributed by atoms with Crippen LogP contribution < -0.4 is 4.74 Å². The van der Waals surface area contributed by atoms with Crippen molar-refractivity contribution in [1.82, 2.24) is 0 Å². The van der Waals surface area contributed by atoms with E-state index >= 15 is 0 Å². The van der Waals surface area contributed by atoms with Gasteiger partial charge in [-0.15, -0.1) is 0 Å². The number of carbonyl (C=O) groups is 1. The Hall–Kier alpha value is -3.09. The molecule has 0 spiro atoms. The molecule has 0 saturated carbocycles. The third-order valence-electron chi connectivity index (χ3n) is 3.42. The van der Waals surface area contributed by atoms with Gasteiger partial charge in [0.15, 0.2) is 23.4 Å². The van der Waals surface area contributed by atoms with Gasteiger partial charge in [0.1, 0.15) is 22.8 Å². The highest BCUT2D eigenvalue weighted by molar-refractivity contribution is 6.07. The highest BCUT2D eigenvalue weighted by Crippen LogP contribution is 2.41. The van der Waals surface area contributed by atoms with Crippen LogP contribution in [0.5, 0.6) is 34.5 Å². The van der Waals surface area contributed by atoms with E-state index in [0.29, 0.717) is 5.56 Å². The molecule has 7 heteroatoms. The Bertz CT molecular complexity index is 759. The molecule has 114 valence electrons. The molecular weight excluding hydrogens is 292 g/mol. The molecule has 3 rings (SSSR count). The minimum atomic E-state index is -0.967. The molecule has 0 fully saturated rings. The Morgan fingerprint density at radius 2 is 1.55 bits per heavy atom. The van der Waals surface area contributed by atoms with Gasteiger partial charge in [0, 0.05) is 18.6 Å². The average molecular weight is 304 g/mol. The Balaban J connectivity index is 1.90. The number of hydrogen-bond donors (Lipinski definition) is 5. The van der Waals surface area contributed by atoms with Crippen molar-refractivity contribution in [1.29, 1.82) is 0 Å². The first-order valence-corrected chi connectivity index (χ1v) is 6.37. The van der Waals surface area contributed by atoms with Crippen molar-refractivity contribution < 1.29 is 35.1 Å². The third-order valence-corrected chi connectivity index (χ3v) is 3.42. The first-order chi connectivity index (χ1) is 10.4. The molecule has 7 nitrogen and oxygen atoms in total. The predicted octanol–water partition coefficient (Wildman–Crippen LogP) is 1.40. The molecule has 5 N–H and O–H groups in total. The summed E-state index contributed by atoms with van der Waals surface area (Å²) in [6.07, 6.45) is -0.958. The molecule has 1 heterocycles. The maximum absolute atomic E-state index is 12.2. The van der Waals surface area contributed by atoms with E-state index in [9.17, 15) is 30.3 Å². The molecule has 22 heavy (non-hydrogen) atoms. The van der Waals surface area contributed by atoms with E-state index in [-0.39, 0.29) is 29.2 Å². The lowest BCUT2D eigenvalue weighted by atomic mass is 10.0. The standard InChI is InChI=1S/C15H12O7/c16-7-4-8(17)13-11(5-7)22-12(15(13)21)3-6-1-9(18)14(20)10(19)2-6/h1-2,4-5,12,16-20H,3H2. The zero-order valence-electron chi connectivity index (χ0n) is 11.1. The van der Waals surface area contributed by atoms with Gasteiger partial charge in [-0.05, 0) is 17.7 Å². The molecule has 0 saturated heterocycles. The number of phenols is 5. The summed E-state index contributed by atoms with van der Waals surface area (Å²) in [4.78, 5) is 12.2. The van der Waals surface area contributed by atoms with E-state index in [1.165, 1.54) is 18.2 Å². The van der Waals surface area contributed by atoms with E-state index in [1.807, 2.05) is 0 Å². The third kappa shape index (κ3) is 2.12. The molecule has 2 aromatic carbocycles. The van der Waals surface area contributed by atoms with Crippen LogP contribution in [0, 0.1) is 0 Å². The Morgan fingerprint density at radius 1 is 0.909 bits per heavy atom. The number of Topliss-reactive ketones (excluding diaryl/α,β-unsaturated/α-hetero) is 1. The molecule has 0 amide bonds. The topological polar surface area (TPSA) is 127 Å². The van der Waals surface area contributed by atoms with Gasteiger partial charge in [0.25, 0.3) is 0 Å². The number of carbonyl (C=O) groups excluding carboxylic acids is 1. The van der Waals surface area contributed by atoms with Crippen LogP contribution in [-0.4, -0.2) is 37.4 Å². The van der Waals surface area contributed by atoms with Crippen LogP contribution in [0.2, 0.25) is 0 Å². The molecule has 0 aliphatic carbocycles. The second-order valence-electron chi connectivity index (χ2n) is 5.00. The molecule has 0 radical (unpaired) electrons. The van der Waals surface area contributed by atoms with Crippen LogP contribution in [-0.2, 0) is 6.42 Å². The van der Waals surface area contributed by atoms with Crippen LogP contribution >= 0.6 is 0 Å². The normalized spacial score (nSPS) is 16.4. The van der Waals surface area contributed by atoms with Crippen molar-refractivity contribution in [2.45, 2.75) is 12.5 Å². The zero-order valence-corrected chi connectivity index (χ0v) is 11.1. The molecule has 0 aromatic heterocycles. The van der Waals surface area contributed by atoms with E-state index in [4.69, 9.17) is 4.74 Å². The number of phenolic OH excluding ortho intramolecular Hbond substituents is 5. The van der Waals surface area contributed by atoms with Crippen molar-refractivity contribution >= 4 is 5.78 Å². The van der Waals surface area contributed by atoms with Gasteiger partial charge >= 0.3 is 0 Å². The second-order valence-corrected chi connectivity index (χ2v) is 5.00. The van der Waals surface area contributed by atoms with Gasteiger partial charge in [-0.2, -0.15) is 0 Å². The van der Waals surface area contributed by atoms with Gasteiger partial charge < -0.3 is 30.3 Å². The van der Waals surface area contributed by atoms with Crippen LogP contribution in [0.25, 0.3) is 0 Å². The summed E-state index contributed by atoms with van der Waals surface area (Å²) >= 11 is 0. The van der Waals surface area contributed by atoms with Crippen LogP contribution in [0.4, 0.5) is 0 Å². The summed E-state index contributed by atoms with van der Waals surface area (Å²) < 4.78 is 5.40. The minimum Gasteiger partial charge on any atom is -0.508 e. The van der Waals surface area contributed by atoms with Crippen molar-refractivity contribution in [2.24, 2.45) is 0 Å². The summed E-state index contributed by atoms with van der Waals surface area (Å²) in [5.41, 5.74) is 0.345. The summed E-state index contributed by atoms with van der Waals surface area (Å²) in [7, 11) is 0. The molecular formula is C15H12O7. The highest BCUT2D eigenvalue weighted by atomic mass is 16.5. The average Bonchev–Trinajstić information content (AvgIpc) is 2.72. The smallest absolute Gasteiger partial charge is 0.211 e. The fourth-order valence-corrected chi connectivity index (χ4v) is 2.42. The maximum atomic E-state index is 12.2. The van der Waals surface area contributed by atoms with E-state index in [2.05, 4.69) is 0 Å². The summed E-state index contributed by atoms with van der Waals surface area (Å²) in [5, 5.41) is 47.3. The van der Waals surface area contributed by atoms with Crippen molar-refractivity contribution in [3.05, 3.63) is 35.4 Å². The summed E-state index contributed by atoms with van der Waals surface area (Å²) in [5.74, 6) is -2.69. The lowest BCUT2D eigenvalue weighted by molar-refractivity contribution is 0.0856. The first kappa shape index (κ1) is 13.9. The number of ketones is 1. The molecule has 1 atom stereocenters. The van der Waals surface area contributed by atoms with E-state index in [0.717, 1.165) is 6.07 Å². The SMILES string of the molecule is O=C1c2c(O)cc(O)cc2OC1Cc1cc(O)c(O)c(O)c1. The second kappa shape index (κ2) is 4.73. The predicted molar refractivity (Wildman–Crippen MR) is 73.7 cm³/mol. The monoisotopic (exact) mass is 304 g/mol. The number of fused-ring (bicyclic) bond motifs is 1. The molecule has 1 aliphatic rings. The van der Waals surface area contributed by atoms with Crippen LogP contribution in [0.1, 0.15) is 15.9 Å². The Morgan fingerprint density at radius 3 is 2.18 bits per heavy atom. The largest absolute Gasteiger partial charge is 0.508 e. The minimum absolute atomic E-state index is 0.00904. The van der Waals surface area contributed by atoms with Crippen molar-refractivity contribution in [3.63, 3.8) is 0 Å². The number of ether oxygens (including phenoxy) is 1. The van der Waals surface area contributed by atoms with Gasteiger partial charge in [-0.3, -0.25) is 4.79 Å². The molecule has 1 unspecified atom stereocenters. The lowest BCUT2D eigenvalue weighted by Crippen LogP contribution is -2.23. The van der Waals surface area contributed by atoms with Gasteiger partial charge in [-0.25, -0.2) is 0 Å². The maximum Gasteiger partial charge on any atom is 0.211 e. The Kier molecular flexibility index (Phi) is 2.98. The number of hydrogen-bond acceptors (Lipinski definition) is 7. The summed E-state index contributed by atoms with van der Waals surface area (Å²) in [6, 6.07) is 4.66. The fourth-order valence-electron chi connectivity index (χ4n) is 2.42. The molecule has 2 aromatic rings.